The molecule has 0 bridgehead atoms. The zero-order valence-corrected chi connectivity index (χ0v) is 12.8. The van der Waals surface area contributed by atoms with Crippen molar-refractivity contribution in [1.29, 1.82) is 0 Å². The van der Waals surface area contributed by atoms with Crippen LogP contribution in [0.1, 0.15) is 57.8 Å². The summed E-state index contributed by atoms with van der Waals surface area (Å²) < 4.78 is 0. The first kappa shape index (κ1) is 14.4. The van der Waals surface area contributed by atoms with E-state index in [-0.39, 0.29) is 0 Å². The van der Waals surface area contributed by atoms with Crippen molar-refractivity contribution in [2.75, 3.05) is 26.2 Å². The second-order valence-electron chi connectivity index (χ2n) is 7.09. The molecule has 3 fully saturated rings. The first-order chi connectivity index (χ1) is 9.84. The van der Waals surface area contributed by atoms with Gasteiger partial charge in [0.05, 0.1) is 0 Å². The summed E-state index contributed by atoms with van der Waals surface area (Å²) in [7, 11) is 0. The third kappa shape index (κ3) is 3.36. The summed E-state index contributed by atoms with van der Waals surface area (Å²) in [5.74, 6) is 2.64. The van der Waals surface area contributed by atoms with Gasteiger partial charge in [-0.2, -0.15) is 0 Å². The molecule has 1 aliphatic carbocycles. The molecular formula is C17H30N2O. The summed E-state index contributed by atoms with van der Waals surface area (Å²) in [5, 5.41) is 3.46. The first-order valence-electron chi connectivity index (χ1n) is 8.84. The highest BCUT2D eigenvalue weighted by atomic mass is 16.2. The van der Waals surface area contributed by atoms with Crippen LogP contribution in [0.2, 0.25) is 0 Å². The van der Waals surface area contributed by atoms with Gasteiger partial charge in [-0.05, 0) is 63.5 Å². The lowest BCUT2D eigenvalue weighted by molar-refractivity contribution is -0.138. The van der Waals surface area contributed by atoms with E-state index in [9.17, 15) is 4.79 Å². The minimum absolute atomic E-state index is 0.360. The molecule has 0 atom stereocenters. The van der Waals surface area contributed by atoms with E-state index in [2.05, 4.69) is 10.2 Å². The van der Waals surface area contributed by atoms with Crippen molar-refractivity contribution in [1.82, 2.24) is 10.2 Å². The molecule has 3 rings (SSSR count). The van der Waals surface area contributed by atoms with Gasteiger partial charge < -0.3 is 10.2 Å². The maximum atomic E-state index is 12.6. The van der Waals surface area contributed by atoms with Gasteiger partial charge in [-0.15, -0.1) is 0 Å². The SMILES string of the molecule is O=C(C1CCCCC1)N1CCC(C2CCNCC2)CC1. The molecule has 0 aromatic carbocycles. The summed E-state index contributed by atoms with van der Waals surface area (Å²) in [6, 6.07) is 0. The zero-order chi connectivity index (χ0) is 13.8. The molecule has 1 amide bonds. The molecule has 0 radical (unpaired) electrons. The van der Waals surface area contributed by atoms with Crippen molar-refractivity contribution >= 4 is 5.91 Å². The Balaban J connectivity index is 1.46. The molecule has 3 nitrogen and oxygen atoms in total. The molecular weight excluding hydrogens is 248 g/mol. The molecule has 0 aromatic heterocycles. The largest absolute Gasteiger partial charge is 0.342 e. The number of hydrogen-bond donors (Lipinski definition) is 1. The topological polar surface area (TPSA) is 32.3 Å². The second kappa shape index (κ2) is 6.93. The molecule has 0 spiro atoms. The smallest absolute Gasteiger partial charge is 0.225 e. The highest BCUT2D eigenvalue weighted by Crippen LogP contribution is 2.32. The van der Waals surface area contributed by atoms with Gasteiger partial charge in [-0.3, -0.25) is 4.79 Å². The first-order valence-corrected chi connectivity index (χ1v) is 8.84. The summed E-state index contributed by atoms with van der Waals surface area (Å²) in [6.07, 6.45) is 11.4. The maximum absolute atomic E-state index is 12.6. The fourth-order valence-electron chi connectivity index (χ4n) is 4.51. The molecule has 0 unspecified atom stereocenters. The van der Waals surface area contributed by atoms with Crippen LogP contribution in [0, 0.1) is 17.8 Å². The number of nitrogens with one attached hydrogen (secondary N) is 1. The predicted octanol–water partition coefficient (Wildman–Crippen LogP) is 2.80. The van der Waals surface area contributed by atoms with Gasteiger partial charge in [-0.25, -0.2) is 0 Å². The average Bonchev–Trinajstić information content (AvgIpc) is 2.56. The van der Waals surface area contributed by atoms with Crippen LogP contribution in [-0.4, -0.2) is 37.0 Å². The lowest BCUT2D eigenvalue weighted by Crippen LogP contribution is -2.44. The maximum Gasteiger partial charge on any atom is 0.225 e. The van der Waals surface area contributed by atoms with E-state index in [4.69, 9.17) is 0 Å². The molecule has 114 valence electrons. The van der Waals surface area contributed by atoms with Gasteiger partial charge in [0.1, 0.15) is 0 Å². The molecule has 0 aromatic rings. The Morgan fingerprint density at radius 1 is 0.800 bits per heavy atom. The summed E-state index contributed by atoms with van der Waals surface area (Å²) >= 11 is 0. The predicted molar refractivity (Wildman–Crippen MR) is 81.5 cm³/mol. The van der Waals surface area contributed by atoms with Crippen LogP contribution >= 0.6 is 0 Å². The van der Waals surface area contributed by atoms with Crippen molar-refractivity contribution < 1.29 is 4.79 Å². The molecule has 1 N–H and O–H groups in total. The molecule has 3 heteroatoms. The number of nitrogens with zero attached hydrogens (tertiary/aromatic N) is 1. The van der Waals surface area contributed by atoms with Crippen molar-refractivity contribution in [3.8, 4) is 0 Å². The van der Waals surface area contributed by atoms with E-state index < -0.39 is 0 Å². The van der Waals surface area contributed by atoms with Crippen molar-refractivity contribution in [2.24, 2.45) is 17.8 Å². The number of hydrogen-bond acceptors (Lipinski definition) is 2. The number of carbonyl (C=O) groups excluding carboxylic acids is 1. The number of likely N-dealkylation sites (tertiary alicyclic amines) is 1. The third-order valence-corrected chi connectivity index (χ3v) is 5.86. The Kier molecular flexibility index (Phi) is 4.98. The number of piperidine rings is 2. The van der Waals surface area contributed by atoms with Crippen LogP contribution in [0.15, 0.2) is 0 Å². The average molecular weight is 278 g/mol. The molecule has 20 heavy (non-hydrogen) atoms. The van der Waals surface area contributed by atoms with E-state index >= 15 is 0 Å². The van der Waals surface area contributed by atoms with Crippen molar-refractivity contribution in [3.63, 3.8) is 0 Å². The highest BCUT2D eigenvalue weighted by Gasteiger charge is 2.32. The molecule has 2 heterocycles. The van der Waals surface area contributed by atoms with Gasteiger partial charge in [0.2, 0.25) is 5.91 Å². The fraction of sp³-hybridized carbons (Fsp3) is 0.941. The van der Waals surface area contributed by atoms with Gasteiger partial charge >= 0.3 is 0 Å². The lowest BCUT2D eigenvalue weighted by Gasteiger charge is -2.39. The Morgan fingerprint density at radius 3 is 2.05 bits per heavy atom. The summed E-state index contributed by atoms with van der Waals surface area (Å²) in [4.78, 5) is 14.7. The van der Waals surface area contributed by atoms with Gasteiger partial charge in [0.15, 0.2) is 0 Å². The van der Waals surface area contributed by atoms with Crippen LogP contribution in [0.3, 0.4) is 0 Å². The highest BCUT2D eigenvalue weighted by molar-refractivity contribution is 5.79. The Bertz CT molecular complexity index is 311. The van der Waals surface area contributed by atoms with Crippen molar-refractivity contribution in [2.45, 2.75) is 57.8 Å². The van der Waals surface area contributed by atoms with E-state index in [1.165, 1.54) is 58.0 Å². The van der Waals surface area contributed by atoms with Crippen molar-refractivity contribution in [3.05, 3.63) is 0 Å². The van der Waals surface area contributed by atoms with Crippen LogP contribution < -0.4 is 5.32 Å². The minimum atomic E-state index is 0.360. The standard InChI is InChI=1S/C17H30N2O/c20-17(16-4-2-1-3-5-16)19-12-8-15(9-13-19)14-6-10-18-11-7-14/h14-16,18H,1-13H2. The molecule has 2 aliphatic heterocycles. The Morgan fingerprint density at radius 2 is 1.40 bits per heavy atom. The van der Waals surface area contributed by atoms with Gasteiger partial charge in [0, 0.05) is 19.0 Å². The third-order valence-electron chi connectivity index (χ3n) is 5.86. The van der Waals surface area contributed by atoms with E-state index in [0.717, 1.165) is 37.8 Å². The number of amides is 1. The van der Waals surface area contributed by atoms with E-state index in [0.29, 0.717) is 11.8 Å². The summed E-state index contributed by atoms with van der Waals surface area (Å²) in [5.41, 5.74) is 0. The van der Waals surface area contributed by atoms with Crippen LogP contribution in [0.4, 0.5) is 0 Å². The zero-order valence-electron chi connectivity index (χ0n) is 12.8. The van der Waals surface area contributed by atoms with E-state index in [1.54, 1.807) is 0 Å². The fourth-order valence-corrected chi connectivity index (χ4v) is 4.51. The van der Waals surface area contributed by atoms with Gasteiger partial charge in [0.25, 0.3) is 0 Å². The second-order valence-corrected chi connectivity index (χ2v) is 7.09. The Labute approximate surface area is 123 Å². The Hall–Kier alpha value is -0.570. The van der Waals surface area contributed by atoms with Crippen LogP contribution in [0.5, 0.6) is 0 Å². The normalized spacial score (nSPS) is 27.7. The van der Waals surface area contributed by atoms with Crippen LogP contribution in [-0.2, 0) is 4.79 Å². The monoisotopic (exact) mass is 278 g/mol. The molecule has 1 saturated carbocycles. The minimum Gasteiger partial charge on any atom is -0.342 e. The summed E-state index contributed by atoms with van der Waals surface area (Å²) in [6.45, 7) is 4.46. The molecule has 3 aliphatic rings. The van der Waals surface area contributed by atoms with Gasteiger partial charge in [-0.1, -0.05) is 19.3 Å². The molecule has 2 saturated heterocycles. The van der Waals surface area contributed by atoms with E-state index in [1.807, 2.05) is 0 Å². The number of carbonyl (C=O) groups is 1. The quantitative estimate of drug-likeness (QED) is 0.842. The number of rotatable bonds is 2. The van der Waals surface area contributed by atoms with Crippen LogP contribution in [0.25, 0.3) is 0 Å². The lowest BCUT2D eigenvalue weighted by atomic mass is 9.79.